The van der Waals surface area contributed by atoms with Crippen LogP contribution in [-0.2, 0) is 22.4 Å². The summed E-state index contributed by atoms with van der Waals surface area (Å²) in [5.41, 5.74) is 4.56. The Labute approximate surface area is 132 Å². The molecule has 0 spiro atoms. The highest BCUT2D eigenvalue weighted by atomic mass is 16.5. The van der Waals surface area contributed by atoms with Gasteiger partial charge in [-0.3, -0.25) is 4.79 Å². The second kappa shape index (κ2) is 5.79. The third-order valence-electron chi connectivity index (χ3n) is 4.58. The van der Waals surface area contributed by atoms with Gasteiger partial charge in [-0.25, -0.2) is 0 Å². The SMILES string of the molecule is CCOC(=O)CC1(C)C=Cc2c(C)cc3c(c2O1)CCCC3. The van der Waals surface area contributed by atoms with E-state index in [-0.39, 0.29) is 12.4 Å². The predicted octanol–water partition coefficient (Wildman–Crippen LogP) is 3.99. The van der Waals surface area contributed by atoms with Gasteiger partial charge in [-0.15, -0.1) is 0 Å². The molecule has 1 unspecified atom stereocenters. The molecule has 1 heterocycles. The predicted molar refractivity (Wildman–Crippen MR) is 87.1 cm³/mol. The molecule has 1 aromatic rings. The van der Waals surface area contributed by atoms with Crippen molar-refractivity contribution in [3.63, 3.8) is 0 Å². The molecule has 1 aliphatic carbocycles. The molecule has 1 aliphatic heterocycles. The Kier molecular flexibility index (Phi) is 3.98. The third-order valence-corrected chi connectivity index (χ3v) is 4.58. The summed E-state index contributed by atoms with van der Waals surface area (Å²) in [6.07, 6.45) is 9.02. The zero-order chi connectivity index (χ0) is 15.7. The Hall–Kier alpha value is -1.77. The van der Waals surface area contributed by atoms with Gasteiger partial charge in [-0.05, 0) is 69.2 Å². The van der Waals surface area contributed by atoms with Crippen LogP contribution in [0.15, 0.2) is 12.1 Å². The van der Waals surface area contributed by atoms with Crippen LogP contribution in [0.1, 0.15) is 55.4 Å². The zero-order valence-corrected chi connectivity index (χ0v) is 13.7. The van der Waals surface area contributed by atoms with Crippen LogP contribution >= 0.6 is 0 Å². The molecule has 0 saturated heterocycles. The van der Waals surface area contributed by atoms with E-state index in [0.29, 0.717) is 6.61 Å². The van der Waals surface area contributed by atoms with E-state index < -0.39 is 5.60 Å². The molecule has 1 aromatic carbocycles. The molecule has 2 aliphatic rings. The second-order valence-corrected chi connectivity index (χ2v) is 6.51. The van der Waals surface area contributed by atoms with Crippen molar-refractivity contribution in [1.29, 1.82) is 0 Å². The van der Waals surface area contributed by atoms with Crippen LogP contribution < -0.4 is 4.74 Å². The summed E-state index contributed by atoms with van der Waals surface area (Å²) in [5, 5.41) is 0. The van der Waals surface area contributed by atoms with E-state index in [9.17, 15) is 4.79 Å². The van der Waals surface area contributed by atoms with Gasteiger partial charge in [0.15, 0.2) is 0 Å². The first-order valence-electron chi connectivity index (χ1n) is 8.21. The first-order chi connectivity index (χ1) is 10.5. The van der Waals surface area contributed by atoms with E-state index in [0.717, 1.165) is 18.6 Å². The smallest absolute Gasteiger partial charge is 0.310 e. The van der Waals surface area contributed by atoms with E-state index in [1.54, 1.807) is 0 Å². The lowest BCUT2D eigenvalue weighted by atomic mass is 9.85. The number of esters is 1. The van der Waals surface area contributed by atoms with Gasteiger partial charge in [0.05, 0.1) is 13.0 Å². The number of rotatable bonds is 3. The van der Waals surface area contributed by atoms with Gasteiger partial charge in [0.2, 0.25) is 0 Å². The molecule has 3 nitrogen and oxygen atoms in total. The molecule has 0 radical (unpaired) electrons. The minimum absolute atomic E-state index is 0.209. The first kappa shape index (κ1) is 15.1. The van der Waals surface area contributed by atoms with Gasteiger partial charge in [0.25, 0.3) is 0 Å². The Balaban J connectivity index is 1.95. The van der Waals surface area contributed by atoms with Crippen LogP contribution in [0.2, 0.25) is 0 Å². The number of fused-ring (bicyclic) bond motifs is 3. The second-order valence-electron chi connectivity index (χ2n) is 6.51. The average Bonchev–Trinajstić information content (AvgIpc) is 2.47. The Morgan fingerprint density at radius 1 is 1.36 bits per heavy atom. The van der Waals surface area contributed by atoms with Crippen LogP contribution in [-0.4, -0.2) is 18.2 Å². The van der Waals surface area contributed by atoms with Crippen LogP contribution in [0.25, 0.3) is 6.08 Å². The maximum atomic E-state index is 11.8. The largest absolute Gasteiger partial charge is 0.482 e. The highest BCUT2D eigenvalue weighted by Crippen LogP contribution is 2.41. The lowest BCUT2D eigenvalue weighted by molar-refractivity contribution is -0.146. The van der Waals surface area contributed by atoms with Crippen LogP contribution in [0, 0.1) is 6.92 Å². The lowest BCUT2D eigenvalue weighted by Crippen LogP contribution is -2.36. The van der Waals surface area contributed by atoms with Gasteiger partial charge in [0, 0.05) is 5.56 Å². The highest BCUT2D eigenvalue weighted by molar-refractivity contribution is 5.74. The van der Waals surface area contributed by atoms with Gasteiger partial charge in [-0.1, -0.05) is 12.1 Å². The van der Waals surface area contributed by atoms with E-state index in [2.05, 4.69) is 19.1 Å². The fourth-order valence-electron chi connectivity index (χ4n) is 3.47. The average molecular weight is 300 g/mol. The molecule has 0 N–H and O–H groups in total. The summed E-state index contributed by atoms with van der Waals surface area (Å²) < 4.78 is 11.4. The summed E-state index contributed by atoms with van der Waals surface area (Å²) >= 11 is 0. The molecule has 0 amide bonds. The van der Waals surface area contributed by atoms with E-state index in [1.165, 1.54) is 35.1 Å². The number of benzene rings is 1. The van der Waals surface area contributed by atoms with Crippen LogP contribution in [0.3, 0.4) is 0 Å². The van der Waals surface area contributed by atoms with Crippen molar-refractivity contribution in [1.82, 2.24) is 0 Å². The van der Waals surface area contributed by atoms with Gasteiger partial charge < -0.3 is 9.47 Å². The van der Waals surface area contributed by atoms with Crippen molar-refractivity contribution in [2.75, 3.05) is 6.61 Å². The quantitative estimate of drug-likeness (QED) is 0.792. The number of carbonyl (C=O) groups is 1. The van der Waals surface area contributed by atoms with Gasteiger partial charge >= 0.3 is 5.97 Å². The maximum Gasteiger partial charge on any atom is 0.310 e. The Bertz CT molecular complexity index is 630. The fourth-order valence-corrected chi connectivity index (χ4v) is 3.47. The normalized spacial score (nSPS) is 22.5. The topological polar surface area (TPSA) is 35.5 Å². The summed E-state index contributed by atoms with van der Waals surface area (Å²) in [6, 6.07) is 2.30. The third kappa shape index (κ3) is 2.77. The molecule has 22 heavy (non-hydrogen) atoms. The summed E-state index contributed by atoms with van der Waals surface area (Å²) in [4.78, 5) is 11.8. The Morgan fingerprint density at radius 3 is 2.91 bits per heavy atom. The summed E-state index contributed by atoms with van der Waals surface area (Å²) in [6.45, 7) is 6.33. The molecule has 0 aromatic heterocycles. The highest BCUT2D eigenvalue weighted by Gasteiger charge is 2.33. The number of hydrogen-bond donors (Lipinski definition) is 0. The molecule has 3 heteroatoms. The van der Waals surface area contributed by atoms with E-state index in [1.807, 2.05) is 19.9 Å². The monoisotopic (exact) mass is 300 g/mol. The van der Waals surface area contributed by atoms with Crippen LogP contribution in [0.4, 0.5) is 0 Å². The van der Waals surface area contributed by atoms with Crippen molar-refractivity contribution in [3.8, 4) is 5.75 Å². The lowest BCUT2D eigenvalue weighted by Gasteiger charge is -2.34. The molecule has 1 atom stereocenters. The molecule has 0 fully saturated rings. The van der Waals surface area contributed by atoms with Crippen molar-refractivity contribution < 1.29 is 14.3 Å². The van der Waals surface area contributed by atoms with Gasteiger partial charge in [0.1, 0.15) is 11.4 Å². The summed E-state index contributed by atoms with van der Waals surface area (Å²) in [5.74, 6) is 0.781. The van der Waals surface area contributed by atoms with Crippen molar-refractivity contribution in [3.05, 3.63) is 34.4 Å². The Morgan fingerprint density at radius 2 is 2.14 bits per heavy atom. The van der Waals surface area contributed by atoms with E-state index >= 15 is 0 Å². The molecule has 0 bridgehead atoms. The minimum atomic E-state index is -0.613. The number of carbonyl (C=O) groups excluding carboxylic acids is 1. The summed E-state index contributed by atoms with van der Waals surface area (Å²) in [7, 11) is 0. The van der Waals surface area contributed by atoms with Crippen molar-refractivity contribution >= 4 is 12.0 Å². The number of ether oxygens (including phenoxy) is 2. The number of aryl methyl sites for hydroxylation is 2. The number of hydrogen-bond acceptors (Lipinski definition) is 3. The fraction of sp³-hybridized carbons (Fsp3) is 0.526. The molecular weight excluding hydrogens is 276 g/mol. The van der Waals surface area contributed by atoms with E-state index in [4.69, 9.17) is 9.47 Å². The molecule has 3 rings (SSSR count). The minimum Gasteiger partial charge on any atom is -0.482 e. The van der Waals surface area contributed by atoms with Crippen molar-refractivity contribution in [2.24, 2.45) is 0 Å². The van der Waals surface area contributed by atoms with Gasteiger partial charge in [-0.2, -0.15) is 0 Å². The molecule has 0 saturated carbocycles. The molecule has 118 valence electrons. The molecular formula is C19H24O3. The standard InChI is InChI=1S/C19H24O3/c1-4-21-17(20)12-19(3)10-9-15-13(2)11-14-7-5-6-8-16(14)18(15)22-19/h9-11H,4-8,12H2,1-3H3. The zero-order valence-electron chi connectivity index (χ0n) is 13.7. The first-order valence-corrected chi connectivity index (χ1v) is 8.21. The van der Waals surface area contributed by atoms with Crippen molar-refractivity contribution in [2.45, 2.75) is 58.5 Å². The van der Waals surface area contributed by atoms with Crippen LogP contribution in [0.5, 0.6) is 5.75 Å². The maximum absolute atomic E-state index is 11.8.